The third-order valence-electron chi connectivity index (χ3n) is 3.69. The molecule has 2 atom stereocenters. The highest BCUT2D eigenvalue weighted by Crippen LogP contribution is 2.24. The van der Waals surface area contributed by atoms with Crippen molar-refractivity contribution in [1.82, 2.24) is 5.32 Å². The van der Waals surface area contributed by atoms with E-state index in [1.54, 1.807) is 0 Å². The lowest BCUT2D eigenvalue weighted by Gasteiger charge is -2.23. The maximum atomic E-state index is 9.22. The predicted molar refractivity (Wildman–Crippen MR) is 69.2 cm³/mol. The highest BCUT2D eigenvalue weighted by atomic mass is 16.5. The topological polar surface area (TPSA) is 54.3 Å². The maximum absolute atomic E-state index is 9.22. The number of nitrogens with zero attached hydrogens (tertiary/aromatic N) is 1. The van der Waals surface area contributed by atoms with Gasteiger partial charge in [0.25, 0.3) is 0 Å². The lowest BCUT2D eigenvalue weighted by molar-refractivity contribution is 0.0849. The molecule has 1 aliphatic carbocycles. The molecule has 2 unspecified atom stereocenters. The van der Waals surface area contributed by atoms with E-state index in [9.17, 15) is 5.26 Å². The molecule has 0 bridgehead atoms. The molecule has 102 valence electrons. The second-order valence-electron chi connectivity index (χ2n) is 5.77. The number of ether oxygens (including phenoxy) is 2. The molecule has 0 radical (unpaired) electrons. The van der Waals surface area contributed by atoms with Gasteiger partial charge in [-0.05, 0) is 39.0 Å². The molecule has 18 heavy (non-hydrogen) atoms. The summed E-state index contributed by atoms with van der Waals surface area (Å²) in [5, 5.41) is 12.6. The summed E-state index contributed by atoms with van der Waals surface area (Å²) in [6.45, 7) is 5.28. The summed E-state index contributed by atoms with van der Waals surface area (Å²) in [4.78, 5) is 0. The first-order valence-corrected chi connectivity index (χ1v) is 7.06. The van der Waals surface area contributed by atoms with E-state index in [0.717, 1.165) is 45.7 Å². The van der Waals surface area contributed by atoms with E-state index >= 15 is 0 Å². The van der Waals surface area contributed by atoms with Gasteiger partial charge in [-0.25, -0.2) is 0 Å². The second kappa shape index (κ2) is 6.51. The van der Waals surface area contributed by atoms with Crippen molar-refractivity contribution in [2.45, 2.75) is 50.6 Å². The SMILES string of the molecule is CC(C#N)(CCCOCC1CCOC1)NC1CC1. The molecule has 0 aromatic heterocycles. The molecule has 1 heterocycles. The van der Waals surface area contributed by atoms with Crippen LogP contribution in [-0.2, 0) is 9.47 Å². The maximum Gasteiger partial charge on any atom is 0.104 e. The molecule has 2 fully saturated rings. The van der Waals surface area contributed by atoms with Crippen molar-refractivity contribution in [3.8, 4) is 6.07 Å². The third kappa shape index (κ3) is 4.56. The Hall–Kier alpha value is -0.630. The Morgan fingerprint density at radius 3 is 2.89 bits per heavy atom. The highest BCUT2D eigenvalue weighted by molar-refractivity contribution is 5.06. The van der Waals surface area contributed by atoms with Gasteiger partial charge >= 0.3 is 0 Å². The predicted octanol–water partition coefficient (Wildman–Crippen LogP) is 1.85. The summed E-state index contributed by atoms with van der Waals surface area (Å²) in [7, 11) is 0. The lowest BCUT2D eigenvalue weighted by atomic mass is 9.98. The number of nitriles is 1. The molecular weight excluding hydrogens is 228 g/mol. The van der Waals surface area contributed by atoms with E-state index in [1.807, 2.05) is 6.92 Å². The van der Waals surface area contributed by atoms with E-state index in [-0.39, 0.29) is 5.54 Å². The molecule has 1 N–H and O–H groups in total. The van der Waals surface area contributed by atoms with Gasteiger partial charge < -0.3 is 9.47 Å². The Kier molecular flexibility index (Phi) is 4.99. The average molecular weight is 252 g/mol. The Balaban J connectivity index is 1.54. The van der Waals surface area contributed by atoms with Crippen LogP contribution in [0.15, 0.2) is 0 Å². The number of rotatable bonds is 8. The zero-order valence-electron chi connectivity index (χ0n) is 11.3. The van der Waals surface area contributed by atoms with Crippen LogP contribution in [-0.4, -0.2) is 38.0 Å². The van der Waals surface area contributed by atoms with Crippen LogP contribution in [0.3, 0.4) is 0 Å². The molecule has 1 aliphatic heterocycles. The summed E-state index contributed by atoms with van der Waals surface area (Å²) in [6, 6.07) is 2.97. The summed E-state index contributed by atoms with van der Waals surface area (Å²) in [5.74, 6) is 0.580. The number of hydrogen-bond acceptors (Lipinski definition) is 4. The van der Waals surface area contributed by atoms with Gasteiger partial charge in [-0.3, -0.25) is 5.32 Å². The van der Waals surface area contributed by atoms with Gasteiger partial charge in [0.05, 0.1) is 19.3 Å². The zero-order valence-corrected chi connectivity index (χ0v) is 11.3. The van der Waals surface area contributed by atoms with Crippen molar-refractivity contribution >= 4 is 0 Å². The molecule has 4 heteroatoms. The molecule has 1 saturated carbocycles. The van der Waals surface area contributed by atoms with Gasteiger partial charge in [-0.1, -0.05) is 0 Å². The van der Waals surface area contributed by atoms with Gasteiger partial charge in [0.15, 0.2) is 0 Å². The second-order valence-corrected chi connectivity index (χ2v) is 5.77. The Morgan fingerprint density at radius 1 is 1.44 bits per heavy atom. The zero-order chi connectivity index (χ0) is 12.8. The van der Waals surface area contributed by atoms with E-state index in [1.165, 1.54) is 12.8 Å². The van der Waals surface area contributed by atoms with Crippen molar-refractivity contribution in [3.63, 3.8) is 0 Å². The first-order valence-electron chi connectivity index (χ1n) is 7.06. The average Bonchev–Trinajstić information content (AvgIpc) is 3.01. The first-order chi connectivity index (χ1) is 8.72. The minimum atomic E-state index is -0.374. The largest absolute Gasteiger partial charge is 0.381 e. The van der Waals surface area contributed by atoms with Gasteiger partial charge in [-0.15, -0.1) is 0 Å². The molecule has 0 amide bonds. The quantitative estimate of drug-likeness (QED) is 0.670. The van der Waals surface area contributed by atoms with Crippen molar-refractivity contribution in [3.05, 3.63) is 0 Å². The van der Waals surface area contributed by atoms with Crippen LogP contribution in [0.2, 0.25) is 0 Å². The highest BCUT2D eigenvalue weighted by Gasteiger charge is 2.31. The van der Waals surface area contributed by atoms with Crippen LogP contribution in [0.1, 0.15) is 39.0 Å². The molecule has 4 nitrogen and oxygen atoms in total. The first kappa shape index (κ1) is 13.8. The minimum absolute atomic E-state index is 0.374. The Labute approximate surface area is 110 Å². The molecule has 1 saturated heterocycles. The monoisotopic (exact) mass is 252 g/mol. The van der Waals surface area contributed by atoms with Gasteiger partial charge in [0, 0.05) is 25.2 Å². The number of hydrogen-bond donors (Lipinski definition) is 1. The molecule has 0 aromatic carbocycles. The van der Waals surface area contributed by atoms with Gasteiger partial charge in [-0.2, -0.15) is 5.26 Å². The minimum Gasteiger partial charge on any atom is -0.381 e. The molecule has 2 aliphatic rings. The standard InChI is InChI=1S/C14H24N2O2/c1-14(11-15,16-13-3-4-13)6-2-7-17-9-12-5-8-18-10-12/h12-13,16H,2-10H2,1H3. The van der Waals surface area contributed by atoms with Crippen molar-refractivity contribution in [1.29, 1.82) is 5.26 Å². The fraction of sp³-hybridized carbons (Fsp3) is 0.929. The Bertz CT molecular complexity index is 293. The van der Waals surface area contributed by atoms with Gasteiger partial charge in [0.2, 0.25) is 0 Å². The Morgan fingerprint density at radius 2 is 2.28 bits per heavy atom. The lowest BCUT2D eigenvalue weighted by Crippen LogP contribution is -2.42. The van der Waals surface area contributed by atoms with Crippen molar-refractivity contribution in [2.24, 2.45) is 5.92 Å². The molecule has 0 aromatic rings. The van der Waals surface area contributed by atoms with Crippen molar-refractivity contribution < 1.29 is 9.47 Å². The van der Waals surface area contributed by atoms with Crippen LogP contribution in [0.5, 0.6) is 0 Å². The fourth-order valence-electron chi connectivity index (χ4n) is 2.33. The fourth-order valence-corrected chi connectivity index (χ4v) is 2.33. The number of nitrogens with one attached hydrogen (secondary N) is 1. The third-order valence-corrected chi connectivity index (χ3v) is 3.69. The summed E-state index contributed by atoms with van der Waals surface area (Å²) >= 11 is 0. The van der Waals surface area contributed by atoms with Gasteiger partial charge in [0.1, 0.15) is 5.54 Å². The summed E-state index contributed by atoms with van der Waals surface area (Å²) < 4.78 is 11.0. The molecule has 0 spiro atoms. The van der Waals surface area contributed by atoms with Crippen LogP contribution < -0.4 is 5.32 Å². The van der Waals surface area contributed by atoms with E-state index < -0.39 is 0 Å². The van der Waals surface area contributed by atoms with Crippen LogP contribution in [0.25, 0.3) is 0 Å². The van der Waals surface area contributed by atoms with Crippen LogP contribution in [0, 0.1) is 17.2 Å². The van der Waals surface area contributed by atoms with E-state index in [0.29, 0.717) is 12.0 Å². The van der Waals surface area contributed by atoms with E-state index in [4.69, 9.17) is 9.47 Å². The van der Waals surface area contributed by atoms with Crippen molar-refractivity contribution in [2.75, 3.05) is 26.4 Å². The summed E-state index contributed by atoms with van der Waals surface area (Å²) in [6.07, 6.45) is 5.36. The molecular formula is C14H24N2O2. The van der Waals surface area contributed by atoms with Crippen LogP contribution >= 0.6 is 0 Å². The smallest absolute Gasteiger partial charge is 0.104 e. The van der Waals surface area contributed by atoms with Crippen LogP contribution in [0.4, 0.5) is 0 Å². The summed E-state index contributed by atoms with van der Waals surface area (Å²) in [5.41, 5.74) is -0.374. The normalized spacial score (nSPS) is 26.8. The molecule has 2 rings (SSSR count). The van der Waals surface area contributed by atoms with E-state index in [2.05, 4.69) is 11.4 Å².